The molecule has 1 nitrogen and oxygen atoms in total. The molecule has 0 atom stereocenters. The first-order valence-electron chi connectivity index (χ1n) is 1.45. The molecule has 0 saturated carbocycles. The Morgan fingerprint density at radius 3 is 2.29 bits per heavy atom. The molecular formula is C2HCl2NS2. The average Bonchev–Trinajstić information content (AvgIpc) is 1.91. The summed E-state index contributed by atoms with van der Waals surface area (Å²) in [6, 6.07) is 0. The SMILES string of the molecule is ClC1=C(Cl)SSN1. The Bertz CT molecular complexity index is 100. The summed E-state index contributed by atoms with van der Waals surface area (Å²) in [6.45, 7) is 0. The molecule has 1 N–H and O–H groups in total. The van der Waals surface area contributed by atoms with Crippen LogP contribution in [0.1, 0.15) is 0 Å². The van der Waals surface area contributed by atoms with Crippen molar-refractivity contribution in [1.29, 1.82) is 0 Å². The average molecular weight is 174 g/mol. The lowest BCUT2D eigenvalue weighted by atomic mass is 11.1. The van der Waals surface area contributed by atoms with Crippen molar-refractivity contribution in [1.82, 2.24) is 4.72 Å². The van der Waals surface area contributed by atoms with Gasteiger partial charge in [0.25, 0.3) is 0 Å². The Balaban J connectivity index is 2.64. The Hall–Kier alpha value is 0.820. The molecule has 1 aliphatic heterocycles. The topological polar surface area (TPSA) is 12.0 Å². The van der Waals surface area contributed by atoms with Crippen LogP contribution in [0.3, 0.4) is 0 Å². The molecule has 0 bridgehead atoms. The predicted octanol–water partition coefficient (Wildman–Crippen LogP) is 2.49. The van der Waals surface area contributed by atoms with Crippen LogP contribution in [0.4, 0.5) is 0 Å². The van der Waals surface area contributed by atoms with E-state index >= 15 is 0 Å². The molecule has 40 valence electrons. The first-order valence-corrected chi connectivity index (χ1v) is 4.36. The molecule has 5 heteroatoms. The van der Waals surface area contributed by atoms with Crippen LogP contribution in [0.25, 0.3) is 0 Å². The Kier molecular flexibility index (Phi) is 2.04. The summed E-state index contributed by atoms with van der Waals surface area (Å²) in [5.74, 6) is 0. The minimum Gasteiger partial charge on any atom is -0.309 e. The van der Waals surface area contributed by atoms with Crippen LogP contribution in [-0.4, -0.2) is 0 Å². The first kappa shape index (κ1) is 5.95. The summed E-state index contributed by atoms with van der Waals surface area (Å²) < 4.78 is 3.39. The van der Waals surface area contributed by atoms with Crippen LogP contribution in [0.15, 0.2) is 9.52 Å². The van der Waals surface area contributed by atoms with Gasteiger partial charge in [0.15, 0.2) is 0 Å². The molecule has 0 saturated heterocycles. The van der Waals surface area contributed by atoms with Crippen molar-refractivity contribution in [3.05, 3.63) is 9.52 Å². The van der Waals surface area contributed by atoms with Gasteiger partial charge in [0.1, 0.15) is 9.52 Å². The third-order valence-corrected chi connectivity index (χ3v) is 3.44. The van der Waals surface area contributed by atoms with Crippen LogP contribution in [0.2, 0.25) is 0 Å². The number of halogens is 2. The van der Waals surface area contributed by atoms with Gasteiger partial charge in [-0.25, -0.2) is 0 Å². The predicted molar refractivity (Wildman–Crippen MR) is 37.0 cm³/mol. The summed E-state index contributed by atoms with van der Waals surface area (Å²) in [4.78, 5) is 0. The molecule has 0 aromatic rings. The lowest BCUT2D eigenvalue weighted by Gasteiger charge is -1.82. The van der Waals surface area contributed by atoms with E-state index in [9.17, 15) is 0 Å². The number of hydrogen-bond acceptors (Lipinski definition) is 3. The van der Waals surface area contributed by atoms with Gasteiger partial charge in [-0.15, -0.1) is 0 Å². The highest BCUT2D eigenvalue weighted by molar-refractivity contribution is 8.78. The Morgan fingerprint density at radius 2 is 2.14 bits per heavy atom. The van der Waals surface area contributed by atoms with Crippen molar-refractivity contribution < 1.29 is 0 Å². The van der Waals surface area contributed by atoms with E-state index in [4.69, 9.17) is 23.2 Å². The fourth-order valence-corrected chi connectivity index (χ4v) is 2.39. The molecule has 0 unspecified atom stereocenters. The fourth-order valence-electron chi connectivity index (χ4n) is 0.171. The van der Waals surface area contributed by atoms with Gasteiger partial charge < -0.3 is 4.72 Å². The molecular weight excluding hydrogens is 173 g/mol. The van der Waals surface area contributed by atoms with Gasteiger partial charge in [-0.1, -0.05) is 23.2 Å². The highest BCUT2D eigenvalue weighted by Crippen LogP contribution is 2.40. The molecule has 0 aliphatic carbocycles. The van der Waals surface area contributed by atoms with Gasteiger partial charge in [0.05, 0.1) is 0 Å². The van der Waals surface area contributed by atoms with Crippen LogP contribution in [0, 0.1) is 0 Å². The van der Waals surface area contributed by atoms with Crippen molar-refractivity contribution in [2.45, 2.75) is 0 Å². The van der Waals surface area contributed by atoms with Crippen LogP contribution >= 0.6 is 45.0 Å². The van der Waals surface area contributed by atoms with Crippen molar-refractivity contribution in [3.8, 4) is 0 Å². The maximum Gasteiger partial charge on any atom is 0.139 e. The Labute approximate surface area is 59.3 Å². The summed E-state index contributed by atoms with van der Waals surface area (Å²) in [5.41, 5.74) is 0. The number of rotatable bonds is 0. The number of hydrogen-bond donors (Lipinski definition) is 1. The zero-order chi connectivity index (χ0) is 5.28. The monoisotopic (exact) mass is 173 g/mol. The third kappa shape index (κ3) is 1.35. The maximum absolute atomic E-state index is 5.49. The molecule has 1 heterocycles. The summed E-state index contributed by atoms with van der Waals surface area (Å²) in [6.07, 6.45) is 0. The van der Waals surface area contributed by atoms with E-state index in [-0.39, 0.29) is 0 Å². The zero-order valence-electron chi connectivity index (χ0n) is 3.07. The van der Waals surface area contributed by atoms with Gasteiger partial charge in [-0.3, -0.25) is 0 Å². The smallest absolute Gasteiger partial charge is 0.139 e. The minimum absolute atomic E-state index is 0.539. The minimum atomic E-state index is 0.539. The first-order chi connectivity index (χ1) is 3.30. The molecule has 0 fully saturated rings. The normalized spacial score (nSPS) is 20.3. The molecule has 0 aromatic carbocycles. The summed E-state index contributed by atoms with van der Waals surface area (Å²) >= 11 is 10.9. The van der Waals surface area contributed by atoms with Gasteiger partial charge in [-0.2, -0.15) is 0 Å². The van der Waals surface area contributed by atoms with Crippen molar-refractivity contribution in [2.24, 2.45) is 0 Å². The fraction of sp³-hybridized carbons (Fsp3) is 0. The third-order valence-electron chi connectivity index (χ3n) is 0.419. The Morgan fingerprint density at radius 1 is 1.43 bits per heavy atom. The van der Waals surface area contributed by atoms with Crippen molar-refractivity contribution >= 4 is 45.0 Å². The second-order valence-corrected chi connectivity index (χ2v) is 3.78. The van der Waals surface area contributed by atoms with E-state index in [2.05, 4.69) is 4.72 Å². The standard InChI is InChI=1S/C2HCl2NS2/c3-1-2(4)6-7-5-1/h5H. The lowest BCUT2D eigenvalue weighted by molar-refractivity contribution is 1.40. The van der Waals surface area contributed by atoms with E-state index in [1.54, 1.807) is 0 Å². The molecule has 1 rings (SSSR count). The molecule has 0 spiro atoms. The second kappa shape index (κ2) is 2.40. The van der Waals surface area contributed by atoms with Gasteiger partial charge in [0, 0.05) is 11.0 Å². The summed E-state index contributed by atoms with van der Waals surface area (Å²) in [7, 11) is 2.84. The van der Waals surface area contributed by atoms with E-state index in [1.807, 2.05) is 0 Å². The van der Waals surface area contributed by atoms with E-state index < -0.39 is 0 Å². The van der Waals surface area contributed by atoms with Gasteiger partial charge in [-0.05, 0) is 10.8 Å². The maximum atomic E-state index is 5.49. The van der Waals surface area contributed by atoms with E-state index in [1.165, 1.54) is 21.8 Å². The van der Waals surface area contributed by atoms with E-state index in [0.29, 0.717) is 9.52 Å². The molecule has 0 radical (unpaired) electrons. The highest BCUT2D eigenvalue weighted by Gasteiger charge is 2.09. The lowest BCUT2D eigenvalue weighted by Crippen LogP contribution is -1.87. The highest BCUT2D eigenvalue weighted by atomic mass is 35.5. The molecule has 1 aliphatic rings. The van der Waals surface area contributed by atoms with Gasteiger partial charge >= 0.3 is 0 Å². The second-order valence-electron chi connectivity index (χ2n) is 0.856. The quantitative estimate of drug-likeness (QED) is 0.344. The van der Waals surface area contributed by atoms with Crippen molar-refractivity contribution in [2.75, 3.05) is 0 Å². The van der Waals surface area contributed by atoms with Crippen LogP contribution < -0.4 is 4.72 Å². The molecule has 7 heavy (non-hydrogen) atoms. The number of nitrogens with one attached hydrogen (secondary N) is 1. The van der Waals surface area contributed by atoms with Crippen LogP contribution in [0.5, 0.6) is 0 Å². The van der Waals surface area contributed by atoms with E-state index in [0.717, 1.165) is 0 Å². The van der Waals surface area contributed by atoms with Gasteiger partial charge in [0.2, 0.25) is 0 Å². The van der Waals surface area contributed by atoms with Crippen LogP contribution in [-0.2, 0) is 0 Å². The largest absolute Gasteiger partial charge is 0.309 e. The zero-order valence-corrected chi connectivity index (χ0v) is 6.22. The molecule has 0 aromatic heterocycles. The summed E-state index contributed by atoms with van der Waals surface area (Å²) in [5, 5.41) is 0.539. The molecule has 0 amide bonds. The van der Waals surface area contributed by atoms with Crippen molar-refractivity contribution in [3.63, 3.8) is 0 Å².